The molecule has 1 fully saturated rings. The standard InChI is InChI=1S/C24H30N2O2S/c1-3-18-7-10-21(25-16-18)13-14-28-22-11-8-19(9-12-22)15-23(29-2)24(26-17-27)20-5-4-6-20/h7-12,16-17,23H,3-6,13-15H2,1-2H3,(H,26,27). The van der Waals surface area contributed by atoms with Gasteiger partial charge in [-0.1, -0.05) is 25.1 Å². The summed E-state index contributed by atoms with van der Waals surface area (Å²) >= 11 is 1.79. The maximum absolute atomic E-state index is 11.0. The summed E-state index contributed by atoms with van der Waals surface area (Å²) in [6.07, 6.45) is 11.0. The number of aromatic nitrogens is 1. The first-order valence-electron chi connectivity index (χ1n) is 10.3. The Balaban J connectivity index is 1.52. The molecule has 1 heterocycles. The van der Waals surface area contributed by atoms with Crippen LogP contribution in [0.3, 0.4) is 0 Å². The number of amides is 1. The average Bonchev–Trinajstić information content (AvgIpc) is 2.72. The number of benzene rings is 1. The van der Waals surface area contributed by atoms with Gasteiger partial charge in [0, 0.05) is 29.3 Å². The van der Waals surface area contributed by atoms with E-state index in [2.05, 4.69) is 47.7 Å². The first kappa shape index (κ1) is 21.4. The molecule has 154 valence electrons. The molecular formula is C24H30N2O2S. The number of nitrogens with zero attached hydrogens (tertiary/aromatic N) is 1. The van der Waals surface area contributed by atoms with Crippen LogP contribution in [-0.2, 0) is 24.1 Å². The average molecular weight is 411 g/mol. The van der Waals surface area contributed by atoms with Gasteiger partial charge in [0.25, 0.3) is 0 Å². The molecule has 0 saturated heterocycles. The van der Waals surface area contributed by atoms with Crippen molar-refractivity contribution in [1.82, 2.24) is 10.3 Å². The van der Waals surface area contributed by atoms with Crippen LogP contribution in [0.1, 0.15) is 43.0 Å². The molecule has 1 atom stereocenters. The summed E-state index contributed by atoms with van der Waals surface area (Å²) in [7, 11) is 0. The predicted molar refractivity (Wildman–Crippen MR) is 120 cm³/mol. The number of hydrogen-bond donors (Lipinski definition) is 1. The molecule has 0 spiro atoms. The second-order valence-electron chi connectivity index (χ2n) is 7.32. The number of nitrogens with one attached hydrogen (secondary N) is 1. The van der Waals surface area contributed by atoms with Crippen LogP contribution >= 0.6 is 11.8 Å². The molecule has 3 rings (SSSR count). The van der Waals surface area contributed by atoms with Crippen LogP contribution in [0.15, 0.2) is 53.9 Å². The third kappa shape index (κ3) is 6.10. The molecule has 1 aromatic carbocycles. The van der Waals surface area contributed by atoms with Gasteiger partial charge in [-0.05, 0) is 73.3 Å². The minimum absolute atomic E-state index is 0.277. The lowest BCUT2D eigenvalue weighted by Crippen LogP contribution is -2.26. The summed E-state index contributed by atoms with van der Waals surface area (Å²) < 4.78 is 5.89. The van der Waals surface area contributed by atoms with E-state index >= 15 is 0 Å². The van der Waals surface area contributed by atoms with Crippen LogP contribution < -0.4 is 10.1 Å². The Morgan fingerprint density at radius 3 is 2.52 bits per heavy atom. The van der Waals surface area contributed by atoms with Crippen molar-refractivity contribution in [3.63, 3.8) is 0 Å². The molecule has 1 saturated carbocycles. The molecule has 1 aromatic heterocycles. The number of thioether (sulfide) groups is 1. The number of ether oxygens (including phenoxy) is 1. The maximum atomic E-state index is 11.0. The van der Waals surface area contributed by atoms with Gasteiger partial charge in [-0.15, -0.1) is 0 Å². The summed E-state index contributed by atoms with van der Waals surface area (Å²) in [5.74, 6) is 0.878. The molecule has 1 unspecified atom stereocenters. The Morgan fingerprint density at radius 2 is 1.97 bits per heavy atom. The number of carbonyl (C=O) groups is 1. The zero-order chi connectivity index (χ0) is 20.5. The number of allylic oxidation sites excluding steroid dienone is 1. The fourth-order valence-electron chi connectivity index (χ4n) is 3.43. The van der Waals surface area contributed by atoms with Crippen LogP contribution in [0.2, 0.25) is 0 Å². The minimum Gasteiger partial charge on any atom is -0.493 e. The molecule has 1 N–H and O–H groups in total. The smallest absolute Gasteiger partial charge is 0.211 e. The second-order valence-corrected chi connectivity index (χ2v) is 8.36. The minimum atomic E-state index is 0.277. The zero-order valence-electron chi connectivity index (χ0n) is 17.3. The van der Waals surface area contributed by atoms with Crippen LogP contribution in [-0.4, -0.2) is 29.5 Å². The topological polar surface area (TPSA) is 51.2 Å². The Kier molecular flexibility index (Phi) is 8.17. The van der Waals surface area contributed by atoms with E-state index in [1.54, 1.807) is 11.8 Å². The lowest BCUT2D eigenvalue weighted by molar-refractivity contribution is -0.109. The second kappa shape index (κ2) is 11.1. The van der Waals surface area contributed by atoms with E-state index in [1.165, 1.54) is 23.1 Å². The summed E-state index contributed by atoms with van der Waals surface area (Å²) in [5, 5.41) is 3.24. The van der Waals surface area contributed by atoms with Crippen LogP contribution in [0, 0.1) is 0 Å². The fraction of sp³-hybridized carbons (Fsp3) is 0.417. The van der Waals surface area contributed by atoms with E-state index in [9.17, 15) is 4.79 Å². The molecule has 29 heavy (non-hydrogen) atoms. The summed E-state index contributed by atoms with van der Waals surface area (Å²) in [5.41, 5.74) is 6.07. The van der Waals surface area contributed by atoms with Crippen molar-refractivity contribution in [2.75, 3.05) is 12.9 Å². The van der Waals surface area contributed by atoms with Crippen molar-refractivity contribution in [3.8, 4) is 5.75 Å². The van der Waals surface area contributed by atoms with Gasteiger partial charge in [-0.25, -0.2) is 0 Å². The zero-order valence-corrected chi connectivity index (χ0v) is 18.1. The number of aryl methyl sites for hydroxylation is 1. The van der Waals surface area contributed by atoms with Gasteiger partial charge in [0.1, 0.15) is 5.75 Å². The molecule has 0 bridgehead atoms. The van der Waals surface area contributed by atoms with E-state index in [0.717, 1.165) is 55.7 Å². The Morgan fingerprint density at radius 1 is 1.21 bits per heavy atom. The van der Waals surface area contributed by atoms with Gasteiger partial charge < -0.3 is 10.1 Å². The summed E-state index contributed by atoms with van der Waals surface area (Å²) in [4.78, 5) is 15.5. The fourth-order valence-corrected chi connectivity index (χ4v) is 4.26. The highest BCUT2D eigenvalue weighted by Crippen LogP contribution is 2.33. The largest absolute Gasteiger partial charge is 0.493 e. The highest BCUT2D eigenvalue weighted by molar-refractivity contribution is 7.99. The number of hydrogen-bond acceptors (Lipinski definition) is 4. The van der Waals surface area contributed by atoms with Gasteiger partial charge in [0.2, 0.25) is 6.41 Å². The molecule has 0 radical (unpaired) electrons. The van der Waals surface area contributed by atoms with Crippen molar-refractivity contribution < 1.29 is 9.53 Å². The van der Waals surface area contributed by atoms with Crippen molar-refractivity contribution in [2.24, 2.45) is 0 Å². The van der Waals surface area contributed by atoms with Crippen LogP contribution in [0.25, 0.3) is 0 Å². The van der Waals surface area contributed by atoms with E-state index in [0.29, 0.717) is 6.61 Å². The maximum Gasteiger partial charge on any atom is 0.211 e. The highest BCUT2D eigenvalue weighted by Gasteiger charge is 2.21. The SMILES string of the molecule is CCc1ccc(CCOc2ccc(CC(SC)C(NC=O)=C3CCC3)cc2)nc1. The Labute approximate surface area is 178 Å². The van der Waals surface area contributed by atoms with E-state index in [-0.39, 0.29) is 5.25 Å². The normalized spacial score (nSPS) is 14.1. The van der Waals surface area contributed by atoms with Crippen molar-refractivity contribution in [3.05, 3.63) is 70.7 Å². The van der Waals surface area contributed by atoms with Gasteiger partial charge >= 0.3 is 0 Å². The summed E-state index contributed by atoms with van der Waals surface area (Å²) in [6.45, 7) is 2.75. The Bertz CT molecular complexity index is 810. The van der Waals surface area contributed by atoms with E-state index < -0.39 is 0 Å². The number of rotatable bonds is 11. The van der Waals surface area contributed by atoms with Crippen molar-refractivity contribution in [1.29, 1.82) is 0 Å². The molecule has 4 nitrogen and oxygen atoms in total. The summed E-state index contributed by atoms with van der Waals surface area (Å²) in [6, 6.07) is 12.5. The quantitative estimate of drug-likeness (QED) is 0.545. The predicted octanol–water partition coefficient (Wildman–Crippen LogP) is 4.72. The molecule has 2 aromatic rings. The van der Waals surface area contributed by atoms with E-state index in [4.69, 9.17) is 4.74 Å². The van der Waals surface area contributed by atoms with Crippen LogP contribution in [0.4, 0.5) is 0 Å². The monoisotopic (exact) mass is 410 g/mol. The molecule has 5 heteroatoms. The first-order chi connectivity index (χ1) is 14.2. The molecule has 1 aliphatic carbocycles. The van der Waals surface area contributed by atoms with Crippen LogP contribution in [0.5, 0.6) is 5.75 Å². The third-order valence-corrected chi connectivity index (χ3v) is 6.40. The highest BCUT2D eigenvalue weighted by atomic mass is 32.2. The number of carbonyl (C=O) groups excluding carboxylic acids is 1. The van der Waals surface area contributed by atoms with Crippen molar-refractivity contribution >= 4 is 18.2 Å². The Hall–Kier alpha value is -2.27. The van der Waals surface area contributed by atoms with E-state index in [1.807, 2.05) is 18.3 Å². The lowest BCUT2D eigenvalue weighted by Gasteiger charge is -2.27. The van der Waals surface area contributed by atoms with Crippen molar-refractivity contribution in [2.45, 2.75) is 50.7 Å². The first-order valence-corrected chi connectivity index (χ1v) is 11.6. The molecule has 1 amide bonds. The number of pyridine rings is 1. The van der Waals surface area contributed by atoms with Gasteiger partial charge in [0.05, 0.1) is 6.61 Å². The van der Waals surface area contributed by atoms with Gasteiger partial charge in [0.15, 0.2) is 0 Å². The molecular weight excluding hydrogens is 380 g/mol. The third-order valence-electron chi connectivity index (χ3n) is 5.42. The molecule has 1 aliphatic rings. The lowest BCUT2D eigenvalue weighted by atomic mass is 9.88. The molecule has 0 aliphatic heterocycles. The van der Waals surface area contributed by atoms with Gasteiger partial charge in [-0.2, -0.15) is 11.8 Å². The van der Waals surface area contributed by atoms with Gasteiger partial charge in [-0.3, -0.25) is 9.78 Å².